The van der Waals surface area contributed by atoms with Gasteiger partial charge in [0.25, 0.3) is 0 Å². The molecule has 1 fully saturated rings. The Morgan fingerprint density at radius 1 is 0.597 bits per heavy atom. The van der Waals surface area contributed by atoms with Gasteiger partial charge in [-0.15, -0.1) is 0 Å². The summed E-state index contributed by atoms with van der Waals surface area (Å²) in [6.45, 7) is 6.73. The quantitative estimate of drug-likeness (QED) is 0.134. The Hall–Kier alpha value is -5.65. The molecule has 16 nitrogen and oxygen atoms in total. The molecule has 4 aromatic rings. The van der Waals surface area contributed by atoms with E-state index < -0.39 is 23.5 Å². The molecule has 0 N–H and O–H groups in total. The Balaban J connectivity index is 1.32. The van der Waals surface area contributed by atoms with Crippen molar-refractivity contribution in [3.8, 4) is 46.0 Å². The van der Waals surface area contributed by atoms with E-state index in [0.717, 1.165) is 11.4 Å². The number of carbonyl (C=O) groups is 3. The minimum Gasteiger partial charge on any atom is -0.495 e. The number of fused-ring (bicyclic) bond motifs is 6. The zero-order chi connectivity index (χ0) is 44.1. The van der Waals surface area contributed by atoms with Gasteiger partial charge in [-0.1, -0.05) is 35.3 Å². The zero-order valence-corrected chi connectivity index (χ0v) is 36.6. The highest BCUT2D eigenvalue weighted by molar-refractivity contribution is 6.35. The molecule has 62 heavy (non-hydrogen) atoms. The molecule has 18 heteroatoms. The fourth-order valence-corrected chi connectivity index (χ4v) is 8.29. The van der Waals surface area contributed by atoms with Gasteiger partial charge in [-0.05, 0) is 36.4 Å². The van der Waals surface area contributed by atoms with Crippen LogP contribution < -0.4 is 43.0 Å². The van der Waals surface area contributed by atoms with Crippen LogP contribution in [0.2, 0.25) is 10.0 Å². The Kier molecular flexibility index (Phi) is 13.7. The fraction of sp³-hybridized carbons (Fsp3) is 0.386. The van der Waals surface area contributed by atoms with E-state index in [4.69, 9.17) is 75.3 Å². The smallest absolute Gasteiger partial charge is 0.340 e. The Morgan fingerprint density at radius 3 is 1.53 bits per heavy atom. The van der Waals surface area contributed by atoms with Gasteiger partial charge >= 0.3 is 17.9 Å². The van der Waals surface area contributed by atoms with Crippen LogP contribution in [0.3, 0.4) is 0 Å². The summed E-state index contributed by atoms with van der Waals surface area (Å²) >= 11 is 14.0. The van der Waals surface area contributed by atoms with Crippen molar-refractivity contribution in [3.63, 3.8) is 0 Å². The van der Waals surface area contributed by atoms with Crippen molar-refractivity contribution in [3.05, 3.63) is 80.8 Å². The lowest BCUT2D eigenvalue weighted by Gasteiger charge is -2.38. The second-order valence-electron chi connectivity index (χ2n) is 14.1. The standard InChI is InChI=1S/C44H46Cl2N2O14/c1-25(49)59-41-35(54-5)23-29-39(37(41)45)61-40-30(24-36(55-6)42(38(40)46)60-26(2)50)44(29)28-22-34(53-4)32(21-27(28)43(51)62-44)48-13-16-56-15-11-47(12-17-57-19-20-58-18-14-48)31-9-7-8-10-33(31)52-3/h7-10,21-24H,11-20H2,1-6H3. The molecule has 3 heterocycles. The number of esters is 3. The number of nitrogens with zero attached hydrogens (tertiary/aromatic N) is 2. The zero-order valence-electron chi connectivity index (χ0n) is 35.1. The van der Waals surface area contributed by atoms with Crippen LogP contribution in [0.5, 0.6) is 46.0 Å². The third-order valence-corrected chi connectivity index (χ3v) is 11.2. The number of benzene rings is 4. The molecule has 4 aromatic carbocycles. The first kappa shape index (κ1) is 44.4. The van der Waals surface area contributed by atoms with Crippen LogP contribution in [0.1, 0.15) is 40.9 Å². The molecular weight excluding hydrogens is 851 g/mol. The van der Waals surface area contributed by atoms with Crippen molar-refractivity contribution < 1.29 is 66.5 Å². The van der Waals surface area contributed by atoms with Crippen molar-refractivity contribution in [1.82, 2.24) is 0 Å². The second kappa shape index (κ2) is 19.2. The highest BCUT2D eigenvalue weighted by atomic mass is 35.5. The summed E-state index contributed by atoms with van der Waals surface area (Å²) in [5.41, 5.74) is 0.545. The van der Waals surface area contributed by atoms with E-state index in [-0.39, 0.29) is 61.2 Å². The average molecular weight is 898 g/mol. The van der Waals surface area contributed by atoms with Crippen molar-refractivity contribution >= 4 is 52.5 Å². The summed E-state index contributed by atoms with van der Waals surface area (Å²) in [6.07, 6.45) is 0. The van der Waals surface area contributed by atoms with Gasteiger partial charge < -0.3 is 61.9 Å². The molecule has 0 aliphatic carbocycles. The highest BCUT2D eigenvalue weighted by Crippen LogP contribution is 2.64. The number of para-hydroxylation sites is 2. The SMILES string of the molecule is COc1ccccc1N1CCOCCOCCN(c2cc3c(cc2OC)C2(OC3=O)c3cc(OC)c(OC(C)=O)c(Cl)c3Oc3c2cc(OC)c(OC(C)=O)c3Cl)CCOCC1. The van der Waals surface area contributed by atoms with Gasteiger partial charge in [0.2, 0.25) is 0 Å². The number of methoxy groups -OCH3 is 4. The third kappa shape index (κ3) is 8.44. The molecule has 0 amide bonds. The van der Waals surface area contributed by atoms with Gasteiger partial charge in [0.1, 0.15) is 21.5 Å². The summed E-state index contributed by atoms with van der Waals surface area (Å²) in [7, 11) is 5.89. The predicted molar refractivity (Wildman–Crippen MR) is 227 cm³/mol. The second-order valence-corrected chi connectivity index (χ2v) is 14.9. The van der Waals surface area contributed by atoms with Crippen LogP contribution in [-0.4, -0.2) is 112 Å². The molecule has 3 aliphatic rings. The molecule has 0 aromatic heterocycles. The molecular formula is C44H46Cl2N2O14. The summed E-state index contributed by atoms with van der Waals surface area (Å²) in [6, 6.07) is 14.2. The number of anilines is 2. The lowest BCUT2D eigenvalue weighted by molar-refractivity contribution is -0.132. The lowest BCUT2D eigenvalue weighted by atomic mass is 9.77. The Morgan fingerprint density at radius 2 is 1.05 bits per heavy atom. The van der Waals surface area contributed by atoms with Crippen LogP contribution >= 0.6 is 23.2 Å². The molecule has 0 saturated carbocycles. The molecule has 330 valence electrons. The van der Waals surface area contributed by atoms with Gasteiger partial charge in [0.15, 0.2) is 40.1 Å². The highest BCUT2D eigenvalue weighted by Gasteiger charge is 2.56. The molecule has 1 saturated heterocycles. The Labute approximate surface area is 368 Å². The van der Waals surface area contributed by atoms with E-state index in [1.54, 1.807) is 19.2 Å². The molecule has 0 unspecified atom stereocenters. The molecule has 1 spiro atoms. The maximum Gasteiger partial charge on any atom is 0.340 e. The van der Waals surface area contributed by atoms with Crippen LogP contribution in [-0.2, 0) is 34.1 Å². The van der Waals surface area contributed by atoms with Gasteiger partial charge in [-0.3, -0.25) is 9.59 Å². The van der Waals surface area contributed by atoms with Crippen molar-refractivity contribution in [1.29, 1.82) is 0 Å². The van der Waals surface area contributed by atoms with Gasteiger partial charge in [-0.25, -0.2) is 4.79 Å². The van der Waals surface area contributed by atoms with E-state index in [1.165, 1.54) is 47.3 Å². The van der Waals surface area contributed by atoms with E-state index in [1.807, 2.05) is 29.2 Å². The first-order chi connectivity index (χ1) is 30.0. The summed E-state index contributed by atoms with van der Waals surface area (Å²) in [5.74, 6) is -1.33. The summed E-state index contributed by atoms with van der Waals surface area (Å²) < 4.78 is 65.0. The number of hydrogen-bond donors (Lipinski definition) is 0. The number of halogens is 2. The van der Waals surface area contributed by atoms with E-state index in [0.29, 0.717) is 82.8 Å². The normalized spacial score (nSPS) is 16.4. The van der Waals surface area contributed by atoms with Gasteiger partial charge in [-0.2, -0.15) is 0 Å². The number of ether oxygens (including phenoxy) is 11. The summed E-state index contributed by atoms with van der Waals surface area (Å²) in [4.78, 5) is 43.1. The molecule has 3 aliphatic heterocycles. The number of carbonyl (C=O) groups excluding carboxylic acids is 3. The molecule has 0 radical (unpaired) electrons. The average Bonchev–Trinajstić information content (AvgIpc) is 3.54. The maximum absolute atomic E-state index is 14.4. The van der Waals surface area contributed by atoms with E-state index in [2.05, 4.69) is 4.90 Å². The topological polar surface area (TPSA) is 159 Å². The largest absolute Gasteiger partial charge is 0.495 e. The third-order valence-electron chi connectivity index (χ3n) is 10.5. The van der Waals surface area contributed by atoms with Crippen LogP contribution in [0.25, 0.3) is 0 Å². The monoisotopic (exact) mass is 896 g/mol. The van der Waals surface area contributed by atoms with Crippen LogP contribution in [0.15, 0.2) is 48.5 Å². The molecule has 0 bridgehead atoms. The molecule has 7 rings (SSSR count). The number of rotatable bonds is 8. The first-order valence-electron chi connectivity index (χ1n) is 19.7. The van der Waals surface area contributed by atoms with Gasteiger partial charge in [0.05, 0.1) is 96.1 Å². The van der Waals surface area contributed by atoms with Crippen molar-refractivity contribution in [2.24, 2.45) is 0 Å². The summed E-state index contributed by atoms with van der Waals surface area (Å²) in [5, 5.41) is -0.377. The van der Waals surface area contributed by atoms with Crippen molar-refractivity contribution in [2.75, 3.05) is 104 Å². The first-order valence-corrected chi connectivity index (χ1v) is 20.4. The molecule has 0 atom stereocenters. The van der Waals surface area contributed by atoms with Crippen LogP contribution in [0.4, 0.5) is 11.4 Å². The fourth-order valence-electron chi connectivity index (χ4n) is 7.74. The Bertz CT molecular complexity index is 2280. The number of hydrogen-bond acceptors (Lipinski definition) is 16. The van der Waals surface area contributed by atoms with Crippen LogP contribution in [0, 0.1) is 0 Å². The van der Waals surface area contributed by atoms with E-state index in [9.17, 15) is 14.4 Å². The predicted octanol–water partition coefficient (Wildman–Crippen LogP) is 6.82. The van der Waals surface area contributed by atoms with Crippen molar-refractivity contribution in [2.45, 2.75) is 19.4 Å². The minimum atomic E-state index is -1.85. The van der Waals surface area contributed by atoms with E-state index >= 15 is 0 Å². The van der Waals surface area contributed by atoms with Gasteiger partial charge in [0, 0.05) is 45.6 Å². The minimum absolute atomic E-state index is 0.0380. The maximum atomic E-state index is 14.4. The lowest BCUT2D eigenvalue weighted by Crippen LogP contribution is -2.34.